The van der Waals surface area contributed by atoms with Gasteiger partial charge in [0.05, 0.1) is 10.2 Å². The lowest BCUT2D eigenvalue weighted by molar-refractivity contribution is 0.252. The van der Waals surface area contributed by atoms with Crippen molar-refractivity contribution in [2.24, 2.45) is 0 Å². The summed E-state index contributed by atoms with van der Waals surface area (Å²) >= 11 is 1.57. The monoisotopic (exact) mass is 233 g/mol. The molecule has 1 aliphatic heterocycles. The number of anilines is 1. The standard InChI is InChI=1S/C11H11N3OS/c1-7-2-3-8-9(6-7)16-11(13-8)14-5-4-12-10(14)15/h2-3,6H,4-5H2,1H3,(H,12,15). The number of thiazole rings is 1. The van der Waals surface area contributed by atoms with Crippen LogP contribution in [-0.2, 0) is 0 Å². The number of fused-ring (bicyclic) bond motifs is 1. The van der Waals surface area contributed by atoms with Crippen LogP contribution in [0, 0.1) is 6.92 Å². The first kappa shape index (κ1) is 9.59. The molecule has 2 aromatic rings. The van der Waals surface area contributed by atoms with Gasteiger partial charge in [-0.2, -0.15) is 0 Å². The summed E-state index contributed by atoms with van der Waals surface area (Å²) < 4.78 is 1.13. The second-order valence-electron chi connectivity index (χ2n) is 3.85. The summed E-state index contributed by atoms with van der Waals surface area (Å²) in [6.07, 6.45) is 0. The third-order valence-electron chi connectivity index (χ3n) is 2.62. The van der Waals surface area contributed by atoms with Gasteiger partial charge in [-0.05, 0) is 24.6 Å². The summed E-state index contributed by atoms with van der Waals surface area (Å²) in [5, 5.41) is 3.57. The van der Waals surface area contributed by atoms with Crippen LogP contribution in [0.25, 0.3) is 10.2 Å². The zero-order valence-corrected chi connectivity index (χ0v) is 9.67. The molecule has 82 valence electrons. The second-order valence-corrected chi connectivity index (χ2v) is 4.86. The van der Waals surface area contributed by atoms with Crippen molar-refractivity contribution in [3.8, 4) is 0 Å². The molecule has 0 aliphatic carbocycles. The first-order valence-corrected chi connectivity index (χ1v) is 5.98. The molecule has 2 heterocycles. The number of hydrogen-bond acceptors (Lipinski definition) is 3. The molecule has 4 nitrogen and oxygen atoms in total. The lowest BCUT2D eigenvalue weighted by atomic mass is 10.2. The molecule has 0 spiro atoms. The molecule has 1 aliphatic rings. The van der Waals surface area contributed by atoms with E-state index in [1.165, 1.54) is 5.56 Å². The number of aryl methyl sites for hydroxylation is 1. The van der Waals surface area contributed by atoms with Crippen molar-refractivity contribution < 1.29 is 4.79 Å². The fraction of sp³-hybridized carbons (Fsp3) is 0.273. The minimum absolute atomic E-state index is 0.0456. The molecule has 0 atom stereocenters. The number of aromatic nitrogens is 1. The first-order chi connectivity index (χ1) is 7.74. The zero-order chi connectivity index (χ0) is 11.1. The van der Waals surface area contributed by atoms with Crippen LogP contribution in [0.4, 0.5) is 9.93 Å². The van der Waals surface area contributed by atoms with E-state index in [9.17, 15) is 4.79 Å². The molecular weight excluding hydrogens is 222 g/mol. The molecule has 1 fully saturated rings. The number of urea groups is 1. The van der Waals surface area contributed by atoms with Crippen LogP contribution in [0.2, 0.25) is 0 Å². The van der Waals surface area contributed by atoms with E-state index in [1.54, 1.807) is 16.2 Å². The predicted octanol–water partition coefficient (Wildman–Crippen LogP) is 2.13. The van der Waals surface area contributed by atoms with Crippen molar-refractivity contribution in [1.29, 1.82) is 0 Å². The van der Waals surface area contributed by atoms with Crippen molar-refractivity contribution in [2.75, 3.05) is 18.0 Å². The van der Waals surface area contributed by atoms with Crippen LogP contribution in [0.3, 0.4) is 0 Å². The summed E-state index contributed by atoms with van der Waals surface area (Å²) in [4.78, 5) is 17.7. The molecule has 3 rings (SSSR count). The number of nitrogens with one attached hydrogen (secondary N) is 1. The fourth-order valence-corrected chi connectivity index (χ4v) is 2.88. The predicted molar refractivity (Wildman–Crippen MR) is 65.1 cm³/mol. The van der Waals surface area contributed by atoms with Crippen molar-refractivity contribution in [2.45, 2.75) is 6.92 Å². The molecule has 1 saturated heterocycles. The van der Waals surface area contributed by atoms with E-state index in [1.807, 2.05) is 12.1 Å². The number of nitrogens with zero attached hydrogens (tertiary/aromatic N) is 2. The maximum atomic E-state index is 11.5. The highest BCUT2D eigenvalue weighted by molar-refractivity contribution is 7.22. The van der Waals surface area contributed by atoms with Gasteiger partial charge in [0.1, 0.15) is 0 Å². The highest BCUT2D eigenvalue weighted by atomic mass is 32.1. The van der Waals surface area contributed by atoms with Crippen molar-refractivity contribution in [3.63, 3.8) is 0 Å². The number of benzene rings is 1. The van der Waals surface area contributed by atoms with Crippen LogP contribution in [0.1, 0.15) is 5.56 Å². The molecule has 1 N–H and O–H groups in total. The Hall–Kier alpha value is -1.62. The molecular formula is C11H11N3OS. The van der Waals surface area contributed by atoms with Gasteiger partial charge in [-0.1, -0.05) is 17.4 Å². The van der Waals surface area contributed by atoms with Gasteiger partial charge in [-0.25, -0.2) is 9.78 Å². The summed E-state index contributed by atoms with van der Waals surface area (Å²) in [5.41, 5.74) is 2.18. The minimum atomic E-state index is -0.0456. The van der Waals surface area contributed by atoms with E-state index in [0.29, 0.717) is 13.1 Å². The average molecular weight is 233 g/mol. The molecule has 1 aromatic carbocycles. The highest BCUT2D eigenvalue weighted by Gasteiger charge is 2.23. The summed E-state index contributed by atoms with van der Waals surface area (Å²) in [7, 11) is 0. The van der Waals surface area contributed by atoms with Crippen molar-refractivity contribution in [3.05, 3.63) is 23.8 Å². The number of carbonyl (C=O) groups excluding carboxylic acids is 1. The fourth-order valence-electron chi connectivity index (χ4n) is 1.79. The highest BCUT2D eigenvalue weighted by Crippen LogP contribution is 2.29. The Morgan fingerprint density at radius 2 is 2.38 bits per heavy atom. The third-order valence-corrected chi connectivity index (χ3v) is 3.66. The smallest absolute Gasteiger partial charge is 0.323 e. The number of amides is 2. The quantitative estimate of drug-likeness (QED) is 0.820. The van der Waals surface area contributed by atoms with Crippen molar-refractivity contribution >= 4 is 32.7 Å². The van der Waals surface area contributed by atoms with Crippen LogP contribution in [0.15, 0.2) is 18.2 Å². The minimum Gasteiger partial charge on any atom is -0.336 e. The van der Waals surface area contributed by atoms with Crippen molar-refractivity contribution in [1.82, 2.24) is 10.3 Å². The Balaban J connectivity index is 2.08. The van der Waals surface area contributed by atoms with E-state index in [-0.39, 0.29) is 6.03 Å². The van der Waals surface area contributed by atoms with E-state index >= 15 is 0 Å². The van der Waals surface area contributed by atoms with Crippen LogP contribution in [-0.4, -0.2) is 24.1 Å². The molecule has 1 aromatic heterocycles. The van der Waals surface area contributed by atoms with Gasteiger partial charge in [0, 0.05) is 13.1 Å². The van der Waals surface area contributed by atoms with E-state index in [0.717, 1.165) is 15.3 Å². The third kappa shape index (κ3) is 1.44. The SMILES string of the molecule is Cc1ccc2nc(N3CCNC3=O)sc2c1. The largest absolute Gasteiger partial charge is 0.336 e. The maximum Gasteiger partial charge on any atom is 0.323 e. The van der Waals surface area contributed by atoms with E-state index in [2.05, 4.69) is 23.3 Å². The topological polar surface area (TPSA) is 45.2 Å². The van der Waals surface area contributed by atoms with E-state index < -0.39 is 0 Å². The number of rotatable bonds is 1. The van der Waals surface area contributed by atoms with Gasteiger partial charge >= 0.3 is 6.03 Å². The average Bonchev–Trinajstić information content (AvgIpc) is 2.82. The Bertz CT molecular complexity index is 563. The lowest BCUT2D eigenvalue weighted by Crippen LogP contribution is -2.27. The Morgan fingerprint density at radius 3 is 3.12 bits per heavy atom. The number of carbonyl (C=O) groups is 1. The molecule has 16 heavy (non-hydrogen) atoms. The van der Waals surface area contributed by atoms with Gasteiger partial charge in [0.15, 0.2) is 5.13 Å². The van der Waals surface area contributed by atoms with Crippen LogP contribution < -0.4 is 10.2 Å². The van der Waals surface area contributed by atoms with Gasteiger partial charge in [-0.3, -0.25) is 4.90 Å². The maximum absolute atomic E-state index is 11.5. The lowest BCUT2D eigenvalue weighted by Gasteiger charge is -2.08. The second kappa shape index (κ2) is 3.45. The van der Waals surface area contributed by atoms with Gasteiger partial charge in [-0.15, -0.1) is 0 Å². The van der Waals surface area contributed by atoms with Gasteiger partial charge in [0.25, 0.3) is 0 Å². The number of hydrogen-bond donors (Lipinski definition) is 1. The summed E-state index contributed by atoms with van der Waals surface area (Å²) in [6.45, 7) is 3.47. The molecule has 0 radical (unpaired) electrons. The Labute approximate surface area is 96.9 Å². The first-order valence-electron chi connectivity index (χ1n) is 5.16. The summed E-state index contributed by atoms with van der Waals surface area (Å²) in [6, 6.07) is 6.09. The zero-order valence-electron chi connectivity index (χ0n) is 8.86. The van der Waals surface area contributed by atoms with Crippen LogP contribution >= 0.6 is 11.3 Å². The normalized spacial score (nSPS) is 15.8. The molecule has 0 unspecified atom stereocenters. The van der Waals surface area contributed by atoms with Crippen LogP contribution in [0.5, 0.6) is 0 Å². The molecule has 2 amide bonds. The molecule has 5 heteroatoms. The van der Waals surface area contributed by atoms with Gasteiger partial charge < -0.3 is 5.32 Å². The van der Waals surface area contributed by atoms with E-state index in [4.69, 9.17) is 0 Å². The molecule has 0 bridgehead atoms. The summed E-state index contributed by atoms with van der Waals surface area (Å²) in [5.74, 6) is 0. The van der Waals surface area contributed by atoms with Gasteiger partial charge in [0.2, 0.25) is 0 Å². The Morgan fingerprint density at radius 1 is 1.50 bits per heavy atom. The Kier molecular flexibility index (Phi) is 2.07. The molecule has 0 saturated carbocycles.